The van der Waals surface area contributed by atoms with E-state index in [1.807, 2.05) is 0 Å². The third kappa shape index (κ3) is 2.09. The van der Waals surface area contributed by atoms with E-state index in [-0.39, 0.29) is 15.2 Å². The summed E-state index contributed by atoms with van der Waals surface area (Å²) >= 11 is 23.0. The van der Waals surface area contributed by atoms with Crippen LogP contribution in [0.5, 0.6) is 0 Å². The van der Waals surface area contributed by atoms with E-state index in [9.17, 15) is 4.79 Å². The van der Waals surface area contributed by atoms with Crippen LogP contribution >= 0.6 is 46.4 Å². The smallest absolute Gasteiger partial charge is 0.306 e. The van der Waals surface area contributed by atoms with Crippen LogP contribution in [0.25, 0.3) is 16.1 Å². The van der Waals surface area contributed by atoms with Gasteiger partial charge in [-0.15, -0.1) is 0 Å². The van der Waals surface area contributed by atoms with E-state index < -0.39 is 0 Å². The average molecular weight is 298 g/mol. The molecule has 0 saturated carbocycles. The summed E-state index contributed by atoms with van der Waals surface area (Å²) in [6.45, 7) is 0. The van der Waals surface area contributed by atoms with Crippen molar-refractivity contribution in [2.75, 3.05) is 0 Å². The van der Waals surface area contributed by atoms with Gasteiger partial charge in [-0.1, -0.05) is 46.4 Å². The second kappa shape index (κ2) is 4.34. The van der Waals surface area contributed by atoms with Crippen molar-refractivity contribution in [3.8, 4) is 0 Å². The molecule has 0 amide bonds. The van der Waals surface area contributed by atoms with Gasteiger partial charge in [0.1, 0.15) is 4.49 Å². The molecule has 16 heavy (non-hydrogen) atoms. The third-order valence-corrected chi connectivity index (χ3v) is 3.28. The molecule has 0 radical (unpaired) electrons. The second-order valence-electron chi connectivity index (χ2n) is 3.03. The molecule has 1 aromatic carbocycles. The van der Waals surface area contributed by atoms with Gasteiger partial charge in [0.05, 0.1) is 21.1 Å². The molecule has 2 N–H and O–H groups in total. The molecular weight excluding hydrogens is 294 g/mol. The number of rotatable bonds is 1. The lowest BCUT2D eigenvalue weighted by molar-refractivity contribution is 1.21. The number of hydrogen-bond donors (Lipinski definition) is 2. The molecule has 0 spiro atoms. The standard InChI is InChI=1S/C9H4Cl4N2O/c10-4-2-6-5(14-9(16)15-6)1-3(4)7(11)8(12)13/h1-2H,(H2,14,15,16). The molecule has 2 rings (SSSR count). The zero-order valence-corrected chi connectivity index (χ0v) is 10.6. The van der Waals surface area contributed by atoms with E-state index in [1.165, 1.54) is 0 Å². The van der Waals surface area contributed by atoms with Gasteiger partial charge < -0.3 is 9.97 Å². The van der Waals surface area contributed by atoms with Crippen molar-refractivity contribution in [2.45, 2.75) is 0 Å². The minimum absolute atomic E-state index is 0.0826. The highest BCUT2D eigenvalue weighted by Crippen LogP contribution is 2.34. The summed E-state index contributed by atoms with van der Waals surface area (Å²) in [6.07, 6.45) is 0. The predicted octanol–water partition coefficient (Wildman–Crippen LogP) is 3.85. The van der Waals surface area contributed by atoms with E-state index >= 15 is 0 Å². The number of nitrogens with one attached hydrogen (secondary N) is 2. The maximum Gasteiger partial charge on any atom is 0.323 e. The Morgan fingerprint density at radius 2 is 1.62 bits per heavy atom. The minimum Gasteiger partial charge on any atom is -0.306 e. The molecule has 0 aliphatic carbocycles. The Labute approximate surface area is 110 Å². The molecule has 3 nitrogen and oxygen atoms in total. The maximum absolute atomic E-state index is 11.1. The van der Waals surface area contributed by atoms with Crippen molar-refractivity contribution in [2.24, 2.45) is 0 Å². The first-order chi connectivity index (χ1) is 7.49. The number of benzene rings is 1. The Morgan fingerprint density at radius 3 is 2.19 bits per heavy atom. The number of imidazole rings is 1. The van der Waals surface area contributed by atoms with E-state index in [0.29, 0.717) is 21.6 Å². The SMILES string of the molecule is O=c1[nH]c2cc(Cl)c(C(Cl)=C(Cl)Cl)cc2[nH]1. The van der Waals surface area contributed by atoms with Crippen LogP contribution in [0, 0.1) is 0 Å². The van der Waals surface area contributed by atoms with Gasteiger partial charge in [-0.05, 0) is 12.1 Å². The Kier molecular flexibility index (Phi) is 3.22. The van der Waals surface area contributed by atoms with Gasteiger partial charge in [0.25, 0.3) is 0 Å². The molecule has 0 aliphatic rings. The Morgan fingerprint density at radius 1 is 1.06 bits per heavy atom. The largest absolute Gasteiger partial charge is 0.323 e. The van der Waals surface area contributed by atoms with Crippen LogP contribution in [0.15, 0.2) is 21.4 Å². The molecule has 0 aliphatic heterocycles. The maximum atomic E-state index is 11.1. The topological polar surface area (TPSA) is 48.6 Å². The first-order valence-corrected chi connectivity index (χ1v) is 5.63. The normalized spacial score (nSPS) is 10.8. The molecule has 1 aromatic heterocycles. The average Bonchev–Trinajstić information content (AvgIpc) is 2.54. The van der Waals surface area contributed by atoms with Gasteiger partial charge in [-0.2, -0.15) is 0 Å². The molecule has 0 fully saturated rings. The number of aromatic amines is 2. The number of H-pyrrole nitrogens is 2. The summed E-state index contributed by atoms with van der Waals surface area (Å²) < 4.78 is -0.0826. The van der Waals surface area contributed by atoms with Crippen LogP contribution in [0.1, 0.15) is 5.56 Å². The Hall–Kier alpha value is -0.610. The molecule has 0 saturated heterocycles. The van der Waals surface area contributed by atoms with Crippen LogP contribution < -0.4 is 5.69 Å². The van der Waals surface area contributed by atoms with Crippen molar-refractivity contribution in [3.63, 3.8) is 0 Å². The lowest BCUT2D eigenvalue weighted by atomic mass is 10.2. The van der Waals surface area contributed by atoms with Crippen LogP contribution in [0.2, 0.25) is 5.02 Å². The zero-order valence-electron chi connectivity index (χ0n) is 7.57. The summed E-state index contributed by atoms with van der Waals surface area (Å²) in [5.41, 5.74) is 1.32. The number of hydrogen-bond acceptors (Lipinski definition) is 1. The van der Waals surface area contributed by atoms with Gasteiger partial charge in [0, 0.05) is 5.56 Å². The van der Waals surface area contributed by atoms with E-state index in [2.05, 4.69) is 9.97 Å². The summed E-state index contributed by atoms with van der Waals surface area (Å²) in [4.78, 5) is 16.2. The van der Waals surface area contributed by atoms with E-state index in [4.69, 9.17) is 46.4 Å². The third-order valence-electron chi connectivity index (χ3n) is 2.01. The van der Waals surface area contributed by atoms with Gasteiger partial charge in [-0.3, -0.25) is 0 Å². The quantitative estimate of drug-likeness (QED) is 0.825. The summed E-state index contributed by atoms with van der Waals surface area (Å²) in [7, 11) is 0. The monoisotopic (exact) mass is 296 g/mol. The lowest BCUT2D eigenvalue weighted by Gasteiger charge is -2.03. The van der Waals surface area contributed by atoms with Crippen molar-refractivity contribution in [1.29, 1.82) is 0 Å². The fraction of sp³-hybridized carbons (Fsp3) is 0. The summed E-state index contributed by atoms with van der Waals surface area (Å²) in [6, 6.07) is 3.17. The van der Waals surface area contributed by atoms with Gasteiger partial charge in [0.2, 0.25) is 0 Å². The molecule has 1 heterocycles. The Balaban J connectivity index is 2.76. The fourth-order valence-corrected chi connectivity index (χ4v) is 1.99. The Bertz CT molecular complexity index is 636. The number of fused-ring (bicyclic) bond motifs is 1. The molecular formula is C9H4Cl4N2O. The number of aromatic nitrogens is 2. The zero-order chi connectivity index (χ0) is 11.9. The van der Waals surface area contributed by atoms with Crippen molar-refractivity contribution in [3.05, 3.63) is 37.7 Å². The first-order valence-electron chi connectivity index (χ1n) is 4.11. The summed E-state index contributed by atoms with van der Waals surface area (Å²) in [5, 5.41) is 0.490. The van der Waals surface area contributed by atoms with Gasteiger partial charge in [-0.25, -0.2) is 4.79 Å². The molecule has 0 bridgehead atoms. The fourth-order valence-electron chi connectivity index (χ4n) is 1.33. The highest BCUT2D eigenvalue weighted by molar-refractivity contribution is 6.67. The molecule has 84 valence electrons. The molecule has 0 unspecified atom stereocenters. The second-order valence-corrected chi connectivity index (χ2v) is 4.77. The molecule has 0 atom stereocenters. The highest BCUT2D eigenvalue weighted by Gasteiger charge is 2.11. The molecule has 7 heteroatoms. The van der Waals surface area contributed by atoms with Crippen LogP contribution in [0.4, 0.5) is 0 Å². The number of halogens is 4. The van der Waals surface area contributed by atoms with Crippen LogP contribution in [-0.2, 0) is 0 Å². The first kappa shape index (κ1) is 11.9. The lowest BCUT2D eigenvalue weighted by Crippen LogP contribution is -1.99. The van der Waals surface area contributed by atoms with Crippen LogP contribution in [-0.4, -0.2) is 9.97 Å². The van der Waals surface area contributed by atoms with Crippen LogP contribution in [0.3, 0.4) is 0 Å². The van der Waals surface area contributed by atoms with Gasteiger partial charge >= 0.3 is 5.69 Å². The van der Waals surface area contributed by atoms with Crippen molar-refractivity contribution < 1.29 is 0 Å². The van der Waals surface area contributed by atoms with Crippen molar-refractivity contribution in [1.82, 2.24) is 9.97 Å². The van der Waals surface area contributed by atoms with Crippen molar-refractivity contribution >= 4 is 62.5 Å². The predicted molar refractivity (Wildman–Crippen MR) is 68.4 cm³/mol. The molecule has 2 aromatic rings. The van der Waals surface area contributed by atoms with E-state index in [0.717, 1.165) is 0 Å². The van der Waals surface area contributed by atoms with E-state index in [1.54, 1.807) is 12.1 Å². The summed E-state index contributed by atoms with van der Waals surface area (Å²) in [5.74, 6) is 0. The minimum atomic E-state index is -0.319. The van der Waals surface area contributed by atoms with Gasteiger partial charge in [0.15, 0.2) is 0 Å². The highest BCUT2D eigenvalue weighted by atomic mass is 35.5.